The zero-order chi connectivity index (χ0) is 17.8. The van der Waals surface area contributed by atoms with E-state index in [1.807, 2.05) is 17.9 Å². The molecule has 0 saturated carbocycles. The van der Waals surface area contributed by atoms with Crippen molar-refractivity contribution < 1.29 is 9.59 Å². The van der Waals surface area contributed by atoms with Crippen LogP contribution in [0.5, 0.6) is 0 Å². The van der Waals surface area contributed by atoms with Gasteiger partial charge < -0.3 is 15.5 Å². The Hall–Kier alpha value is -1.30. The SMILES string of the molecule is Cc1cc(Cl)ccc1C(=O)N1CCCC(CNC(=O)C2CCCN2)C1.Cl. The second kappa shape index (κ2) is 9.58. The molecule has 26 heavy (non-hydrogen) atoms. The lowest BCUT2D eigenvalue weighted by Gasteiger charge is -2.33. The van der Waals surface area contributed by atoms with E-state index in [1.165, 1.54) is 0 Å². The molecule has 0 aliphatic carbocycles. The summed E-state index contributed by atoms with van der Waals surface area (Å²) >= 11 is 5.99. The molecule has 1 aromatic carbocycles. The number of nitrogens with zero attached hydrogens (tertiary/aromatic N) is 1. The predicted molar refractivity (Wildman–Crippen MR) is 106 cm³/mol. The van der Waals surface area contributed by atoms with Gasteiger partial charge in [0, 0.05) is 30.2 Å². The number of carbonyl (C=O) groups is 2. The minimum atomic E-state index is -0.0435. The zero-order valence-corrected chi connectivity index (χ0v) is 16.7. The maximum atomic E-state index is 12.8. The normalized spacial score (nSPS) is 22.6. The number of aryl methyl sites for hydroxylation is 1. The monoisotopic (exact) mass is 399 g/mol. The van der Waals surface area contributed by atoms with Gasteiger partial charge in [-0.15, -0.1) is 12.4 Å². The number of hydrogen-bond donors (Lipinski definition) is 2. The fourth-order valence-electron chi connectivity index (χ4n) is 3.73. The standard InChI is InChI=1S/C19H26ClN3O2.ClH/c1-13-10-15(20)6-7-16(13)19(25)23-9-3-4-14(12-23)11-22-18(24)17-5-2-8-21-17;/h6-7,10,14,17,21H,2-5,8-9,11-12H2,1H3,(H,22,24);1H. The van der Waals surface area contributed by atoms with Gasteiger partial charge in [0.15, 0.2) is 0 Å². The Labute approximate surface area is 166 Å². The number of piperidine rings is 1. The van der Waals surface area contributed by atoms with Crippen LogP contribution in [0.25, 0.3) is 0 Å². The highest BCUT2D eigenvalue weighted by Crippen LogP contribution is 2.21. The number of likely N-dealkylation sites (tertiary alicyclic amines) is 1. The van der Waals surface area contributed by atoms with Crippen molar-refractivity contribution in [2.24, 2.45) is 5.92 Å². The first kappa shape index (κ1) is 21.0. The van der Waals surface area contributed by atoms with Crippen LogP contribution in [0.1, 0.15) is 41.6 Å². The third-order valence-electron chi connectivity index (χ3n) is 5.17. The molecule has 2 N–H and O–H groups in total. The number of hydrogen-bond acceptors (Lipinski definition) is 3. The summed E-state index contributed by atoms with van der Waals surface area (Å²) in [7, 11) is 0. The molecule has 2 aliphatic rings. The molecule has 2 saturated heterocycles. The van der Waals surface area contributed by atoms with Gasteiger partial charge in [0.05, 0.1) is 6.04 Å². The van der Waals surface area contributed by atoms with Crippen LogP contribution in [0.3, 0.4) is 0 Å². The van der Waals surface area contributed by atoms with Crippen LogP contribution in [0, 0.1) is 12.8 Å². The number of rotatable bonds is 4. The first-order chi connectivity index (χ1) is 12.0. The molecule has 0 bridgehead atoms. The quantitative estimate of drug-likeness (QED) is 0.817. The van der Waals surface area contributed by atoms with Crippen LogP contribution in [0.2, 0.25) is 5.02 Å². The average Bonchev–Trinajstić information content (AvgIpc) is 3.14. The lowest BCUT2D eigenvalue weighted by molar-refractivity contribution is -0.123. The first-order valence-electron chi connectivity index (χ1n) is 9.11. The third-order valence-corrected chi connectivity index (χ3v) is 5.40. The first-order valence-corrected chi connectivity index (χ1v) is 9.49. The van der Waals surface area contributed by atoms with Gasteiger partial charge in [-0.2, -0.15) is 0 Å². The molecular weight excluding hydrogens is 373 g/mol. The van der Waals surface area contributed by atoms with E-state index in [0.717, 1.165) is 44.3 Å². The van der Waals surface area contributed by atoms with Crippen molar-refractivity contribution >= 4 is 35.8 Å². The van der Waals surface area contributed by atoms with Crippen molar-refractivity contribution in [1.29, 1.82) is 0 Å². The van der Waals surface area contributed by atoms with Crippen molar-refractivity contribution in [3.63, 3.8) is 0 Å². The van der Waals surface area contributed by atoms with Crippen LogP contribution < -0.4 is 10.6 Å². The van der Waals surface area contributed by atoms with E-state index in [9.17, 15) is 9.59 Å². The molecular formula is C19H27Cl2N3O2. The van der Waals surface area contributed by atoms with Crippen LogP contribution in [0.4, 0.5) is 0 Å². The highest BCUT2D eigenvalue weighted by Gasteiger charge is 2.27. The number of nitrogens with one attached hydrogen (secondary N) is 2. The maximum absolute atomic E-state index is 12.8. The summed E-state index contributed by atoms with van der Waals surface area (Å²) in [4.78, 5) is 26.9. The Bertz CT molecular complexity index is 648. The van der Waals surface area contributed by atoms with Crippen molar-refractivity contribution in [2.45, 2.75) is 38.6 Å². The van der Waals surface area contributed by atoms with Gasteiger partial charge in [0.2, 0.25) is 5.91 Å². The van der Waals surface area contributed by atoms with Crippen LogP contribution in [0.15, 0.2) is 18.2 Å². The van der Waals surface area contributed by atoms with Crippen molar-refractivity contribution in [3.8, 4) is 0 Å². The maximum Gasteiger partial charge on any atom is 0.254 e. The Balaban J connectivity index is 0.00000243. The van der Waals surface area contributed by atoms with Crippen molar-refractivity contribution in [2.75, 3.05) is 26.2 Å². The highest BCUT2D eigenvalue weighted by atomic mass is 35.5. The fraction of sp³-hybridized carbons (Fsp3) is 0.579. The van der Waals surface area contributed by atoms with E-state index in [2.05, 4.69) is 10.6 Å². The topological polar surface area (TPSA) is 61.4 Å². The largest absolute Gasteiger partial charge is 0.354 e. The minimum absolute atomic E-state index is 0. The van der Waals surface area contributed by atoms with Gasteiger partial charge in [-0.3, -0.25) is 9.59 Å². The lowest BCUT2D eigenvalue weighted by atomic mass is 9.96. The second-order valence-electron chi connectivity index (χ2n) is 7.11. The Kier molecular flexibility index (Phi) is 7.74. The summed E-state index contributed by atoms with van der Waals surface area (Å²) in [6.07, 6.45) is 3.99. The molecule has 2 amide bonds. The lowest BCUT2D eigenvalue weighted by Crippen LogP contribution is -2.46. The molecule has 2 heterocycles. The number of benzene rings is 1. The zero-order valence-electron chi connectivity index (χ0n) is 15.1. The molecule has 7 heteroatoms. The highest BCUT2D eigenvalue weighted by molar-refractivity contribution is 6.30. The number of halogens is 2. The molecule has 2 atom stereocenters. The molecule has 0 radical (unpaired) electrons. The van der Waals surface area contributed by atoms with Gasteiger partial charge in [-0.05, 0) is 68.8 Å². The molecule has 144 valence electrons. The molecule has 3 rings (SSSR count). The Morgan fingerprint density at radius 1 is 1.31 bits per heavy atom. The van der Waals surface area contributed by atoms with Crippen LogP contribution >= 0.6 is 24.0 Å². The van der Waals surface area contributed by atoms with Gasteiger partial charge in [0.1, 0.15) is 0 Å². The molecule has 1 aromatic rings. The molecule has 2 aliphatic heterocycles. The van der Waals surface area contributed by atoms with E-state index in [0.29, 0.717) is 29.6 Å². The fourth-order valence-corrected chi connectivity index (χ4v) is 3.96. The van der Waals surface area contributed by atoms with Gasteiger partial charge in [-0.1, -0.05) is 11.6 Å². The number of carbonyl (C=O) groups excluding carboxylic acids is 2. The molecule has 0 spiro atoms. The van der Waals surface area contributed by atoms with Crippen molar-refractivity contribution in [3.05, 3.63) is 34.3 Å². The summed E-state index contributed by atoms with van der Waals surface area (Å²) in [5.74, 6) is 0.466. The van der Waals surface area contributed by atoms with E-state index >= 15 is 0 Å². The van der Waals surface area contributed by atoms with Crippen LogP contribution in [-0.4, -0.2) is 48.9 Å². The molecule has 0 aromatic heterocycles. The van der Waals surface area contributed by atoms with E-state index in [-0.39, 0.29) is 30.3 Å². The van der Waals surface area contributed by atoms with Gasteiger partial charge >= 0.3 is 0 Å². The summed E-state index contributed by atoms with van der Waals surface area (Å²) in [6, 6.07) is 5.35. The van der Waals surface area contributed by atoms with Crippen molar-refractivity contribution in [1.82, 2.24) is 15.5 Å². The minimum Gasteiger partial charge on any atom is -0.354 e. The molecule has 5 nitrogen and oxygen atoms in total. The summed E-state index contributed by atoms with van der Waals surface area (Å²) < 4.78 is 0. The van der Waals surface area contributed by atoms with Crippen LogP contribution in [-0.2, 0) is 4.79 Å². The van der Waals surface area contributed by atoms with Gasteiger partial charge in [0.25, 0.3) is 5.91 Å². The Morgan fingerprint density at radius 3 is 2.81 bits per heavy atom. The van der Waals surface area contributed by atoms with E-state index in [1.54, 1.807) is 12.1 Å². The summed E-state index contributed by atoms with van der Waals surface area (Å²) in [5, 5.41) is 6.92. The second-order valence-corrected chi connectivity index (χ2v) is 7.55. The average molecular weight is 400 g/mol. The predicted octanol–water partition coefficient (Wildman–Crippen LogP) is 2.79. The smallest absolute Gasteiger partial charge is 0.254 e. The summed E-state index contributed by atoms with van der Waals surface area (Å²) in [5.41, 5.74) is 1.62. The Morgan fingerprint density at radius 2 is 2.12 bits per heavy atom. The van der Waals surface area contributed by atoms with E-state index in [4.69, 9.17) is 11.6 Å². The molecule has 2 fully saturated rings. The van der Waals surface area contributed by atoms with Gasteiger partial charge in [-0.25, -0.2) is 0 Å². The molecule has 2 unspecified atom stereocenters. The third kappa shape index (κ3) is 5.12. The van der Waals surface area contributed by atoms with E-state index < -0.39 is 0 Å². The summed E-state index contributed by atoms with van der Waals surface area (Å²) in [6.45, 7) is 4.94. The number of amides is 2.